The highest BCUT2D eigenvalue weighted by molar-refractivity contribution is 6.09. The number of amides is 1. The number of ether oxygens (including phenoxy) is 2. The van der Waals surface area contributed by atoms with E-state index in [1.165, 1.54) is 36.4 Å². The Morgan fingerprint density at radius 3 is 2.33 bits per heavy atom. The molecule has 0 aliphatic rings. The zero-order valence-corrected chi connectivity index (χ0v) is 18.6. The second kappa shape index (κ2) is 11.2. The summed E-state index contributed by atoms with van der Waals surface area (Å²) in [6.45, 7) is 1.89. The monoisotopic (exact) mass is 492 g/mol. The van der Waals surface area contributed by atoms with Gasteiger partial charge in [0.05, 0.1) is 22.5 Å². The number of nitrogens with one attached hydrogen (secondary N) is 1. The van der Waals surface area contributed by atoms with Gasteiger partial charge < -0.3 is 14.8 Å². The molecule has 0 fully saturated rings. The van der Waals surface area contributed by atoms with Crippen LogP contribution in [0, 0.1) is 37.4 Å². The third-order valence-corrected chi connectivity index (χ3v) is 4.62. The molecule has 3 aromatic carbocycles. The van der Waals surface area contributed by atoms with Crippen LogP contribution in [-0.4, -0.2) is 22.4 Å². The lowest BCUT2D eigenvalue weighted by molar-refractivity contribution is -0.394. The Morgan fingerprint density at radius 2 is 1.72 bits per heavy atom. The van der Waals surface area contributed by atoms with Crippen molar-refractivity contribution in [2.75, 3.05) is 11.9 Å². The third-order valence-electron chi connectivity index (χ3n) is 4.62. The molecule has 0 aliphatic heterocycles. The molecule has 0 saturated heterocycles. The van der Waals surface area contributed by atoms with Crippen LogP contribution >= 0.6 is 0 Å². The fourth-order valence-electron chi connectivity index (χ4n) is 2.98. The molecule has 3 rings (SSSR count). The molecule has 0 saturated carbocycles. The second-order valence-corrected chi connectivity index (χ2v) is 7.04. The van der Waals surface area contributed by atoms with E-state index in [1.807, 2.05) is 0 Å². The Bertz CT molecular complexity index is 1400. The zero-order valence-electron chi connectivity index (χ0n) is 18.6. The number of hydrogen-bond donors (Lipinski definition) is 1. The Labute approximate surface area is 203 Å². The number of rotatable bonds is 9. The van der Waals surface area contributed by atoms with Gasteiger partial charge in [0.25, 0.3) is 11.6 Å². The fourth-order valence-corrected chi connectivity index (χ4v) is 2.98. The lowest BCUT2D eigenvalue weighted by Crippen LogP contribution is -2.13. The number of benzene rings is 3. The van der Waals surface area contributed by atoms with E-state index in [1.54, 1.807) is 13.0 Å². The molecule has 0 unspecified atom stereocenters. The smallest absolute Gasteiger partial charge is 0.318 e. The molecule has 11 nitrogen and oxygen atoms in total. The lowest BCUT2D eigenvalue weighted by Gasteiger charge is -2.12. The van der Waals surface area contributed by atoms with Crippen molar-refractivity contribution < 1.29 is 28.5 Å². The minimum absolute atomic E-state index is 0.0697. The Balaban J connectivity index is 1.90. The number of nitro groups is 2. The second-order valence-electron chi connectivity index (χ2n) is 7.04. The first-order valence-electron chi connectivity index (χ1n) is 10.3. The van der Waals surface area contributed by atoms with Crippen molar-refractivity contribution in [2.45, 2.75) is 6.92 Å². The molecule has 3 aromatic rings. The maximum absolute atomic E-state index is 13.1. The third kappa shape index (κ3) is 6.17. The zero-order chi connectivity index (χ0) is 26.2. The highest BCUT2D eigenvalue weighted by Crippen LogP contribution is 2.38. The molecule has 1 amide bonds. The van der Waals surface area contributed by atoms with Gasteiger partial charge in [0.2, 0.25) is 5.75 Å². The summed E-state index contributed by atoms with van der Waals surface area (Å²) in [7, 11) is 0. The predicted molar refractivity (Wildman–Crippen MR) is 126 cm³/mol. The van der Waals surface area contributed by atoms with E-state index in [4.69, 9.17) is 9.47 Å². The summed E-state index contributed by atoms with van der Waals surface area (Å²) in [5.41, 5.74) is -0.649. The summed E-state index contributed by atoms with van der Waals surface area (Å²) in [5.74, 6) is -1.22. The van der Waals surface area contributed by atoms with E-state index in [2.05, 4.69) is 5.32 Å². The van der Waals surface area contributed by atoms with E-state index < -0.39 is 32.9 Å². The SMILES string of the molecule is CCOc1cc(/C=C(/C#N)C(=O)Nc2ccc(F)cc2)ccc1Oc1ccc([N+](=O)[O-])cc1[N+](=O)[O-]. The van der Waals surface area contributed by atoms with Crippen LogP contribution in [0.25, 0.3) is 6.08 Å². The van der Waals surface area contributed by atoms with Crippen molar-refractivity contribution in [1.29, 1.82) is 5.26 Å². The summed E-state index contributed by atoms with van der Waals surface area (Å²) < 4.78 is 24.2. The number of anilines is 1. The normalized spacial score (nSPS) is 10.8. The summed E-state index contributed by atoms with van der Waals surface area (Å²) >= 11 is 0. The molecular weight excluding hydrogens is 475 g/mol. The molecule has 0 spiro atoms. The highest BCUT2D eigenvalue weighted by Gasteiger charge is 2.22. The molecular formula is C24H17FN4O7. The Hall–Kier alpha value is -5.31. The van der Waals surface area contributed by atoms with Crippen LogP contribution in [0.15, 0.2) is 66.2 Å². The maximum Gasteiger partial charge on any atom is 0.318 e. The van der Waals surface area contributed by atoms with Gasteiger partial charge in [-0.2, -0.15) is 5.26 Å². The van der Waals surface area contributed by atoms with Crippen LogP contribution < -0.4 is 14.8 Å². The number of halogens is 1. The van der Waals surface area contributed by atoms with E-state index in [0.29, 0.717) is 11.3 Å². The number of carbonyl (C=O) groups excluding carboxylic acids is 1. The van der Waals surface area contributed by atoms with Gasteiger partial charge in [0.1, 0.15) is 17.5 Å². The van der Waals surface area contributed by atoms with Gasteiger partial charge in [0, 0.05) is 11.8 Å². The van der Waals surface area contributed by atoms with Crippen molar-refractivity contribution in [3.63, 3.8) is 0 Å². The quantitative estimate of drug-likeness (QED) is 0.180. The highest BCUT2D eigenvalue weighted by atomic mass is 19.1. The van der Waals surface area contributed by atoms with Crippen LogP contribution in [0.3, 0.4) is 0 Å². The average Bonchev–Trinajstić information content (AvgIpc) is 2.85. The minimum atomic E-state index is -0.807. The van der Waals surface area contributed by atoms with E-state index in [0.717, 1.165) is 30.3 Å². The van der Waals surface area contributed by atoms with Gasteiger partial charge in [-0.15, -0.1) is 0 Å². The molecule has 0 heterocycles. The van der Waals surface area contributed by atoms with Gasteiger partial charge in [0.15, 0.2) is 11.5 Å². The van der Waals surface area contributed by atoms with Crippen LogP contribution in [0.1, 0.15) is 12.5 Å². The van der Waals surface area contributed by atoms with Gasteiger partial charge in [-0.05, 0) is 61.0 Å². The minimum Gasteiger partial charge on any atom is -0.490 e. The van der Waals surface area contributed by atoms with Crippen molar-refractivity contribution >= 4 is 29.0 Å². The molecule has 182 valence electrons. The molecule has 1 N–H and O–H groups in total. The van der Waals surface area contributed by atoms with Crippen molar-refractivity contribution in [3.8, 4) is 23.3 Å². The summed E-state index contributed by atoms with van der Waals surface area (Å²) in [6.07, 6.45) is 1.29. The van der Waals surface area contributed by atoms with Gasteiger partial charge in [-0.1, -0.05) is 6.07 Å². The average molecular weight is 492 g/mol. The number of nitro benzene ring substituents is 2. The van der Waals surface area contributed by atoms with Crippen LogP contribution in [0.4, 0.5) is 21.5 Å². The van der Waals surface area contributed by atoms with E-state index >= 15 is 0 Å². The topological polar surface area (TPSA) is 158 Å². The fraction of sp³-hybridized carbons (Fsp3) is 0.0833. The first kappa shape index (κ1) is 25.3. The summed E-state index contributed by atoms with van der Waals surface area (Å²) in [5, 5.41) is 34.3. The lowest BCUT2D eigenvalue weighted by atomic mass is 10.1. The molecule has 0 bridgehead atoms. The number of non-ortho nitro benzene ring substituents is 1. The van der Waals surface area contributed by atoms with E-state index in [-0.39, 0.29) is 29.4 Å². The first-order valence-corrected chi connectivity index (χ1v) is 10.3. The Morgan fingerprint density at radius 1 is 1.03 bits per heavy atom. The maximum atomic E-state index is 13.1. The van der Waals surface area contributed by atoms with Gasteiger partial charge in [-0.25, -0.2) is 4.39 Å². The first-order chi connectivity index (χ1) is 17.2. The molecule has 0 atom stereocenters. The molecule has 12 heteroatoms. The largest absolute Gasteiger partial charge is 0.490 e. The van der Waals surface area contributed by atoms with Crippen molar-refractivity contribution in [1.82, 2.24) is 0 Å². The number of nitriles is 1. The predicted octanol–water partition coefficient (Wildman–Crippen LogP) is 5.38. The number of hydrogen-bond acceptors (Lipinski definition) is 8. The van der Waals surface area contributed by atoms with Crippen LogP contribution in [-0.2, 0) is 4.79 Å². The van der Waals surface area contributed by atoms with E-state index in [9.17, 15) is 34.7 Å². The molecule has 0 radical (unpaired) electrons. The summed E-state index contributed by atoms with van der Waals surface area (Å²) in [4.78, 5) is 33.2. The molecule has 0 aliphatic carbocycles. The van der Waals surface area contributed by atoms with Crippen molar-refractivity contribution in [2.24, 2.45) is 0 Å². The standard InChI is InChI=1S/C24H17FN4O7/c1-2-35-23-12-15(11-16(14-26)24(30)27-18-6-4-17(25)5-7-18)3-9-22(23)36-21-10-8-19(28(31)32)13-20(21)29(33)34/h3-13H,2H2,1H3,(H,27,30)/b16-11-. The molecule has 0 aromatic heterocycles. The van der Waals surface area contributed by atoms with Crippen molar-refractivity contribution in [3.05, 3.63) is 97.8 Å². The van der Waals surface area contributed by atoms with Crippen LogP contribution in [0.2, 0.25) is 0 Å². The molecule has 36 heavy (non-hydrogen) atoms. The number of nitrogens with zero attached hydrogens (tertiary/aromatic N) is 3. The van der Waals surface area contributed by atoms with Gasteiger partial charge in [-0.3, -0.25) is 25.0 Å². The Kier molecular flexibility index (Phi) is 7.88. The van der Waals surface area contributed by atoms with Gasteiger partial charge >= 0.3 is 5.69 Å². The van der Waals surface area contributed by atoms with Crippen LogP contribution in [0.5, 0.6) is 17.2 Å². The summed E-state index contributed by atoms with van der Waals surface area (Å²) in [6, 6.07) is 14.1. The number of carbonyl (C=O) groups is 1.